The summed E-state index contributed by atoms with van der Waals surface area (Å²) >= 11 is 3.35. The molecule has 2 aromatic rings. The highest BCUT2D eigenvalue weighted by Crippen LogP contribution is 2.20. The standard InChI is InChI=1S/C19H18BrN3O3S/c1-14-18(19(24)21-17-9-5-8-16(20)12-17)13-23(27(25,26)22-14)11-10-15-6-3-2-4-7-15/h2-9,12-13H,10-11H2,1H3,(H,21,24). The van der Waals surface area contributed by atoms with Crippen molar-refractivity contribution in [2.45, 2.75) is 13.3 Å². The van der Waals surface area contributed by atoms with Crippen molar-refractivity contribution < 1.29 is 13.2 Å². The first-order valence-corrected chi connectivity index (χ1v) is 10.5. The summed E-state index contributed by atoms with van der Waals surface area (Å²) in [5.41, 5.74) is 2.00. The SMILES string of the molecule is CC1=NS(=O)(=O)N(CCc2ccccc2)C=C1C(=O)Nc1cccc(Br)c1. The second kappa shape index (κ2) is 8.06. The van der Waals surface area contributed by atoms with Crippen molar-refractivity contribution in [3.05, 3.63) is 76.4 Å². The summed E-state index contributed by atoms with van der Waals surface area (Å²) in [7, 11) is -3.83. The van der Waals surface area contributed by atoms with Gasteiger partial charge >= 0.3 is 10.2 Å². The smallest absolute Gasteiger partial charge is 0.322 e. The van der Waals surface area contributed by atoms with Crippen LogP contribution in [-0.2, 0) is 21.4 Å². The average molecular weight is 448 g/mol. The van der Waals surface area contributed by atoms with Crippen molar-refractivity contribution >= 4 is 43.4 Å². The maximum absolute atomic E-state index is 12.6. The Bertz CT molecular complexity index is 1020. The third-order valence-corrected chi connectivity index (χ3v) is 5.88. The predicted molar refractivity (Wildman–Crippen MR) is 110 cm³/mol. The van der Waals surface area contributed by atoms with E-state index in [0.717, 1.165) is 14.3 Å². The normalized spacial score (nSPS) is 15.7. The van der Waals surface area contributed by atoms with Crippen LogP contribution in [0.1, 0.15) is 12.5 Å². The Kier molecular flexibility index (Phi) is 5.76. The minimum absolute atomic E-state index is 0.165. The van der Waals surface area contributed by atoms with Gasteiger partial charge in [-0.05, 0) is 37.1 Å². The van der Waals surface area contributed by atoms with Gasteiger partial charge in [-0.25, -0.2) is 0 Å². The summed E-state index contributed by atoms with van der Waals surface area (Å²) in [6.07, 6.45) is 1.87. The number of benzene rings is 2. The molecule has 1 heterocycles. The van der Waals surface area contributed by atoms with Gasteiger partial charge in [0.15, 0.2) is 0 Å². The second-order valence-corrected chi connectivity index (χ2v) is 8.47. The average Bonchev–Trinajstić information content (AvgIpc) is 2.61. The highest BCUT2D eigenvalue weighted by Gasteiger charge is 2.27. The van der Waals surface area contributed by atoms with Gasteiger partial charge in [0.2, 0.25) is 0 Å². The summed E-state index contributed by atoms with van der Waals surface area (Å²) in [5.74, 6) is -0.408. The van der Waals surface area contributed by atoms with Crippen LogP contribution in [0.3, 0.4) is 0 Å². The van der Waals surface area contributed by atoms with E-state index in [4.69, 9.17) is 0 Å². The number of hydrogen-bond donors (Lipinski definition) is 1. The first-order chi connectivity index (χ1) is 12.8. The lowest BCUT2D eigenvalue weighted by molar-refractivity contribution is -0.112. The van der Waals surface area contributed by atoms with Gasteiger partial charge < -0.3 is 5.32 Å². The maximum Gasteiger partial charge on any atom is 0.344 e. The van der Waals surface area contributed by atoms with E-state index in [0.29, 0.717) is 12.1 Å². The van der Waals surface area contributed by atoms with Crippen molar-refractivity contribution in [1.82, 2.24) is 4.31 Å². The molecule has 1 aliphatic rings. The maximum atomic E-state index is 12.6. The van der Waals surface area contributed by atoms with Crippen LogP contribution < -0.4 is 5.32 Å². The Morgan fingerprint density at radius 3 is 2.59 bits per heavy atom. The van der Waals surface area contributed by atoms with Crippen molar-refractivity contribution in [3.63, 3.8) is 0 Å². The molecule has 0 aliphatic carbocycles. The van der Waals surface area contributed by atoms with Crippen LogP contribution in [0, 0.1) is 0 Å². The zero-order valence-electron chi connectivity index (χ0n) is 14.6. The molecule has 0 radical (unpaired) electrons. The second-order valence-electron chi connectivity index (χ2n) is 6.01. The molecule has 6 nitrogen and oxygen atoms in total. The molecule has 1 amide bonds. The number of anilines is 1. The fraction of sp³-hybridized carbons (Fsp3) is 0.158. The van der Waals surface area contributed by atoms with Gasteiger partial charge in [0, 0.05) is 22.9 Å². The van der Waals surface area contributed by atoms with Crippen LogP contribution in [0.25, 0.3) is 0 Å². The zero-order valence-corrected chi connectivity index (χ0v) is 17.0. The van der Waals surface area contributed by atoms with Gasteiger partial charge in [-0.2, -0.15) is 8.42 Å². The molecule has 0 saturated carbocycles. The fourth-order valence-corrected chi connectivity index (χ4v) is 4.14. The van der Waals surface area contributed by atoms with Crippen molar-refractivity contribution in [2.24, 2.45) is 4.40 Å². The molecule has 0 aromatic heterocycles. The number of amides is 1. The number of hydrogen-bond acceptors (Lipinski definition) is 3. The Morgan fingerprint density at radius 2 is 1.89 bits per heavy atom. The van der Waals surface area contributed by atoms with Crippen LogP contribution in [0.4, 0.5) is 5.69 Å². The highest BCUT2D eigenvalue weighted by atomic mass is 79.9. The third-order valence-electron chi connectivity index (χ3n) is 4.00. The number of nitrogens with zero attached hydrogens (tertiary/aromatic N) is 2. The van der Waals surface area contributed by atoms with Crippen molar-refractivity contribution in [3.8, 4) is 0 Å². The van der Waals surface area contributed by atoms with Crippen LogP contribution in [0.2, 0.25) is 0 Å². The molecule has 0 spiro atoms. The Balaban J connectivity index is 1.79. The number of carbonyl (C=O) groups excluding carboxylic acids is 1. The van der Waals surface area contributed by atoms with Gasteiger partial charge in [0.05, 0.1) is 11.3 Å². The largest absolute Gasteiger partial charge is 0.344 e. The van der Waals surface area contributed by atoms with Crippen LogP contribution in [0.5, 0.6) is 0 Å². The van der Waals surface area contributed by atoms with E-state index >= 15 is 0 Å². The minimum Gasteiger partial charge on any atom is -0.322 e. The Labute approximate surface area is 166 Å². The van der Waals surface area contributed by atoms with Gasteiger partial charge in [-0.15, -0.1) is 4.40 Å². The Hall–Kier alpha value is -2.45. The molecule has 0 saturated heterocycles. The molecule has 0 fully saturated rings. The van der Waals surface area contributed by atoms with E-state index in [2.05, 4.69) is 25.6 Å². The van der Waals surface area contributed by atoms with Gasteiger partial charge in [-0.1, -0.05) is 52.3 Å². The molecule has 3 rings (SSSR count). The molecule has 0 unspecified atom stereocenters. The number of halogens is 1. The van der Waals surface area contributed by atoms with Gasteiger partial charge in [0.1, 0.15) is 0 Å². The number of nitrogens with one attached hydrogen (secondary N) is 1. The first-order valence-electron chi connectivity index (χ1n) is 8.26. The molecule has 2 aromatic carbocycles. The molecule has 1 N–H and O–H groups in total. The molecule has 8 heteroatoms. The molecule has 27 heavy (non-hydrogen) atoms. The van der Waals surface area contributed by atoms with E-state index in [1.165, 1.54) is 13.1 Å². The predicted octanol–water partition coefficient (Wildman–Crippen LogP) is 3.54. The summed E-state index contributed by atoms with van der Waals surface area (Å²) in [6, 6.07) is 16.7. The molecule has 140 valence electrons. The quantitative estimate of drug-likeness (QED) is 0.760. The van der Waals surface area contributed by atoms with Crippen molar-refractivity contribution in [1.29, 1.82) is 0 Å². The van der Waals surface area contributed by atoms with Crippen LogP contribution in [-0.4, -0.2) is 30.9 Å². The van der Waals surface area contributed by atoms with E-state index in [1.807, 2.05) is 36.4 Å². The van der Waals surface area contributed by atoms with Crippen LogP contribution in [0.15, 0.2) is 75.2 Å². The monoisotopic (exact) mass is 447 g/mol. The molecule has 1 aliphatic heterocycles. The lowest BCUT2D eigenvalue weighted by Crippen LogP contribution is -2.34. The molecular formula is C19H18BrN3O3S. The summed E-state index contributed by atoms with van der Waals surface area (Å²) in [4.78, 5) is 12.6. The number of rotatable bonds is 5. The molecule has 0 bridgehead atoms. The number of carbonyl (C=O) groups is 1. The van der Waals surface area contributed by atoms with Crippen LogP contribution >= 0.6 is 15.9 Å². The van der Waals surface area contributed by atoms with E-state index < -0.39 is 16.1 Å². The van der Waals surface area contributed by atoms with Crippen molar-refractivity contribution in [2.75, 3.05) is 11.9 Å². The summed E-state index contributed by atoms with van der Waals surface area (Å²) in [5, 5.41) is 2.77. The van der Waals surface area contributed by atoms with Gasteiger partial charge in [-0.3, -0.25) is 9.10 Å². The lowest BCUT2D eigenvalue weighted by atomic mass is 10.1. The van der Waals surface area contributed by atoms with E-state index in [1.54, 1.807) is 18.2 Å². The molecule has 0 atom stereocenters. The molecular weight excluding hydrogens is 430 g/mol. The van der Waals surface area contributed by atoms with E-state index in [-0.39, 0.29) is 17.8 Å². The Morgan fingerprint density at radius 1 is 1.15 bits per heavy atom. The topological polar surface area (TPSA) is 78.8 Å². The first kappa shape index (κ1) is 19.3. The lowest BCUT2D eigenvalue weighted by Gasteiger charge is -2.23. The fourth-order valence-electron chi connectivity index (χ4n) is 2.63. The zero-order chi connectivity index (χ0) is 19.4. The highest BCUT2D eigenvalue weighted by molar-refractivity contribution is 9.10. The van der Waals surface area contributed by atoms with Gasteiger partial charge in [0.25, 0.3) is 5.91 Å². The minimum atomic E-state index is -3.83. The summed E-state index contributed by atoms with van der Waals surface area (Å²) < 4.78 is 30.4. The van der Waals surface area contributed by atoms with E-state index in [9.17, 15) is 13.2 Å². The summed E-state index contributed by atoms with van der Waals surface area (Å²) in [6.45, 7) is 1.72. The third kappa shape index (κ3) is 4.84.